The number of methoxy groups -OCH3 is 1. The van der Waals surface area contributed by atoms with E-state index in [9.17, 15) is 14.4 Å². The summed E-state index contributed by atoms with van der Waals surface area (Å²) < 4.78 is 5.48. The lowest BCUT2D eigenvalue weighted by Gasteiger charge is -2.36. The fourth-order valence-electron chi connectivity index (χ4n) is 5.63. The number of fused-ring (bicyclic) bond motifs is 4. The van der Waals surface area contributed by atoms with Crippen LogP contribution in [0.1, 0.15) is 47.1 Å². The first-order valence-corrected chi connectivity index (χ1v) is 13.1. The summed E-state index contributed by atoms with van der Waals surface area (Å²) in [5.41, 5.74) is 4.69. The van der Waals surface area contributed by atoms with Crippen LogP contribution in [0.4, 0.5) is 10.5 Å². The number of imide groups is 1. The van der Waals surface area contributed by atoms with E-state index >= 15 is 0 Å². The highest BCUT2D eigenvalue weighted by Gasteiger charge is 2.53. The van der Waals surface area contributed by atoms with Gasteiger partial charge in [-0.3, -0.25) is 14.5 Å². The highest BCUT2D eigenvalue weighted by molar-refractivity contribution is 6.22. The van der Waals surface area contributed by atoms with Crippen molar-refractivity contribution in [2.75, 3.05) is 18.6 Å². The van der Waals surface area contributed by atoms with Crippen LogP contribution in [0, 0.1) is 5.92 Å². The van der Waals surface area contributed by atoms with E-state index in [-0.39, 0.29) is 17.8 Å². The van der Waals surface area contributed by atoms with E-state index in [1.54, 1.807) is 36.3 Å². The first-order chi connectivity index (χ1) is 18.9. The number of ether oxygens (including phenoxy) is 1. The normalized spacial score (nSPS) is 18.5. The molecule has 8 nitrogen and oxygen atoms in total. The Morgan fingerprint density at radius 2 is 1.82 bits per heavy atom. The van der Waals surface area contributed by atoms with Crippen molar-refractivity contribution in [1.29, 1.82) is 0 Å². The molecule has 2 aliphatic rings. The van der Waals surface area contributed by atoms with Gasteiger partial charge in [0.2, 0.25) is 0 Å². The van der Waals surface area contributed by atoms with Gasteiger partial charge in [0.05, 0.1) is 12.8 Å². The number of rotatable bonds is 6. The first kappa shape index (κ1) is 24.7. The van der Waals surface area contributed by atoms with Crippen molar-refractivity contribution in [2.45, 2.75) is 32.4 Å². The number of aromatic nitrogens is 1. The molecule has 4 aromatic rings. The molecule has 0 radical (unpaired) electrons. The van der Waals surface area contributed by atoms with Crippen molar-refractivity contribution in [2.24, 2.45) is 5.92 Å². The molecule has 0 bridgehead atoms. The predicted molar refractivity (Wildman–Crippen MR) is 149 cm³/mol. The third-order valence-electron chi connectivity index (χ3n) is 7.52. The first-order valence-electron chi connectivity index (χ1n) is 13.1. The van der Waals surface area contributed by atoms with E-state index in [2.05, 4.69) is 10.3 Å². The number of hydrogen-bond donors (Lipinski definition) is 2. The fraction of sp³-hybridized carbons (Fsp3) is 0.258. The predicted octanol–water partition coefficient (Wildman–Crippen LogP) is 5.05. The Labute approximate surface area is 226 Å². The lowest BCUT2D eigenvalue weighted by molar-refractivity contribution is -0.120. The topological polar surface area (TPSA) is 94.7 Å². The molecule has 1 saturated heterocycles. The number of benzene rings is 3. The molecule has 2 unspecified atom stereocenters. The maximum atomic E-state index is 14.0. The number of hydrogen-bond acceptors (Lipinski definition) is 4. The quantitative estimate of drug-likeness (QED) is 0.347. The van der Waals surface area contributed by atoms with Crippen LogP contribution < -0.4 is 15.0 Å². The van der Waals surface area contributed by atoms with E-state index in [1.165, 1.54) is 4.90 Å². The Hall–Kier alpha value is -4.59. The minimum Gasteiger partial charge on any atom is -0.497 e. The molecule has 0 saturated carbocycles. The number of amides is 4. The highest BCUT2D eigenvalue weighted by atomic mass is 16.5. The summed E-state index contributed by atoms with van der Waals surface area (Å²) >= 11 is 0. The second kappa shape index (κ2) is 9.62. The van der Waals surface area contributed by atoms with E-state index in [4.69, 9.17) is 4.74 Å². The molecule has 2 atom stereocenters. The van der Waals surface area contributed by atoms with Crippen LogP contribution in [0.2, 0.25) is 0 Å². The van der Waals surface area contributed by atoms with E-state index in [1.807, 2.05) is 62.4 Å². The summed E-state index contributed by atoms with van der Waals surface area (Å²) in [5, 5.41) is 3.94. The van der Waals surface area contributed by atoms with Gasteiger partial charge in [0.25, 0.3) is 11.8 Å². The van der Waals surface area contributed by atoms with Gasteiger partial charge in [-0.1, -0.05) is 44.2 Å². The van der Waals surface area contributed by atoms with Gasteiger partial charge in [-0.15, -0.1) is 0 Å². The number of H-pyrrole nitrogens is 1. The number of carbonyl (C=O) groups is 3. The molecule has 0 aliphatic carbocycles. The molecule has 2 aliphatic heterocycles. The monoisotopic (exact) mass is 522 g/mol. The van der Waals surface area contributed by atoms with E-state index in [0.717, 1.165) is 27.7 Å². The number of carbonyl (C=O) groups excluding carboxylic acids is 3. The van der Waals surface area contributed by atoms with Crippen LogP contribution in [0.25, 0.3) is 10.9 Å². The Balaban J connectivity index is 1.39. The zero-order valence-electron chi connectivity index (χ0n) is 22.1. The van der Waals surface area contributed by atoms with Gasteiger partial charge in [-0.05, 0) is 59.5 Å². The Morgan fingerprint density at radius 3 is 2.56 bits per heavy atom. The lowest BCUT2D eigenvalue weighted by Crippen LogP contribution is -2.44. The van der Waals surface area contributed by atoms with Gasteiger partial charge in [0, 0.05) is 35.1 Å². The van der Waals surface area contributed by atoms with Crippen molar-refractivity contribution in [1.82, 2.24) is 15.2 Å². The lowest BCUT2D eigenvalue weighted by atomic mass is 9.89. The minimum absolute atomic E-state index is 0.185. The van der Waals surface area contributed by atoms with Crippen molar-refractivity contribution in [3.63, 3.8) is 0 Å². The molecule has 3 heterocycles. The fourth-order valence-corrected chi connectivity index (χ4v) is 5.63. The Kier molecular flexibility index (Phi) is 6.10. The zero-order chi connectivity index (χ0) is 27.3. The Bertz CT molecular complexity index is 1590. The average Bonchev–Trinajstić information content (AvgIpc) is 3.44. The number of aromatic amines is 1. The van der Waals surface area contributed by atoms with Crippen LogP contribution in [-0.2, 0) is 11.2 Å². The summed E-state index contributed by atoms with van der Waals surface area (Å²) in [6, 6.07) is 20.7. The third kappa shape index (κ3) is 4.12. The summed E-state index contributed by atoms with van der Waals surface area (Å²) in [6.45, 7) is 4.63. The SMILES string of the molecule is COc1cccc(C2c3[nH]c4ccccc4c3CC3C(=O)N(c4ccc(C(=O)NCC(C)C)cc4)C(=O)N32)c1. The highest BCUT2D eigenvalue weighted by Crippen LogP contribution is 2.45. The minimum atomic E-state index is -0.658. The molecule has 1 fully saturated rings. The number of urea groups is 1. The summed E-state index contributed by atoms with van der Waals surface area (Å²) in [4.78, 5) is 46.8. The molecule has 39 heavy (non-hydrogen) atoms. The maximum absolute atomic E-state index is 14.0. The number of para-hydroxylation sites is 1. The molecule has 198 valence electrons. The second-order valence-electron chi connectivity index (χ2n) is 10.5. The standard InChI is InChI=1S/C31H30N4O4/c1-18(2)17-32-29(36)19-11-13-21(14-12-19)34-30(37)26-16-24-23-9-4-5-10-25(23)33-27(24)28(35(26)31(34)38)20-7-6-8-22(15-20)39-3/h4-15,18,26,28,33H,16-17H2,1-3H3,(H,32,36). The van der Waals surface area contributed by atoms with Crippen molar-refractivity contribution in [3.05, 3.63) is 95.2 Å². The van der Waals surface area contributed by atoms with Gasteiger partial charge in [-0.2, -0.15) is 0 Å². The molecule has 3 aromatic carbocycles. The largest absolute Gasteiger partial charge is 0.497 e. The molecule has 6 rings (SSSR count). The third-order valence-corrected chi connectivity index (χ3v) is 7.52. The smallest absolute Gasteiger partial charge is 0.332 e. The van der Waals surface area contributed by atoms with Crippen molar-refractivity contribution >= 4 is 34.4 Å². The number of anilines is 1. The molecule has 4 amide bonds. The molecule has 2 N–H and O–H groups in total. The summed E-state index contributed by atoms with van der Waals surface area (Å²) in [5.74, 6) is 0.546. The van der Waals surface area contributed by atoms with E-state index < -0.39 is 12.1 Å². The number of nitrogens with zero attached hydrogens (tertiary/aromatic N) is 2. The second-order valence-corrected chi connectivity index (χ2v) is 10.5. The Morgan fingerprint density at radius 1 is 1.05 bits per heavy atom. The summed E-state index contributed by atoms with van der Waals surface area (Å²) in [7, 11) is 1.61. The van der Waals surface area contributed by atoms with Gasteiger partial charge in [-0.25, -0.2) is 9.69 Å². The van der Waals surface area contributed by atoms with Crippen LogP contribution >= 0.6 is 0 Å². The maximum Gasteiger partial charge on any atom is 0.332 e. The van der Waals surface area contributed by atoms with Crippen LogP contribution in [0.15, 0.2) is 72.8 Å². The van der Waals surface area contributed by atoms with Crippen molar-refractivity contribution in [3.8, 4) is 5.75 Å². The molecule has 0 spiro atoms. The average molecular weight is 523 g/mol. The van der Waals surface area contributed by atoms with Gasteiger partial charge < -0.3 is 15.0 Å². The summed E-state index contributed by atoms with van der Waals surface area (Å²) in [6.07, 6.45) is 0.413. The van der Waals surface area contributed by atoms with Crippen molar-refractivity contribution < 1.29 is 19.1 Å². The molecular weight excluding hydrogens is 492 g/mol. The van der Waals surface area contributed by atoms with Gasteiger partial charge >= 0.3 is 6.03 Å². The zero-order valence-corrected chi connectivity index (χ0v) is 22.1. The van der Waals surface area contributed by atoms with Crippen LogP contribution in [0.3, 0.4) is 0 Å². The van der Waals surface area contributed by atoms with Crippen LogP contribution in [0.5, 0.6) is 5.75 Å². The van der Waals surface area contributed by atoms with E-state index in [0.29, 0.717) is 35.9 Å². The number of nitrogens with one attached hydrogen (secondary N) is 2. The van der Waals surface area contributed by atoms with Gasteiger partial charge in [0.15, 0.2) is 0 Å². The molecule has 8 heteroatoms. The molecular formula is C31H30N4O4. The van der Waals surface area contributed by atoms with Crippen LogP contribution in [-0.4, -0.2) is 47.4 Å². The molecule has 1 aromatic heterocycles. The van der Waals surface area contributed by atoms with Gasteiger partial charge in [0.1, 0.15) is 17.8 Å².